The SMILES string of the molecule is Cl.NCc1ccc(N2C(=O)CNC2=O)cc1. The van der Waals surface area contributed by atoms with E-state index in [-0.39, 0.29) is 30.9 Å². The zero-order chi connectivity index (χ0) is 10.8. The van der Waals surface area contributed by atoms with Crippen molar-refractivity contribution < 1.29 is 9.59 Å². The van der Waals surface area contributed by atoms with Crippen molar-refractivity contribution in [3.05, 3.63) is 29.8 Å². The number of nitrogens with two attached hydrogens (primary N) is 1. The highest BCUT2D eigenvalue weighted by atomic mass is 35.5. The van der Waals surface area contributed by atoms with Gasteiger partial charge in [-0.15, -0.1) is 12.4 Å². The average Bonchev–Trinajstić information content (AvgIpc) is 2.59. The first kappa shape index (κ1) is 12.5. The molecule has 3 N–H and O–H groups in total. The molecule has 0 aromatic heterocycles. The number of anilines is 1. The largest absolute Gasteiger partial charge is 0.329 e. The van der Waals surface area contributed by atoms with Crippen molar-refractivity contribution in [2.45, 2.75) is 6.54 Å². The zero-order valence-corrected chi connectivity index (χ0v) is 9.29. The molecule has 1 saturated heterocycles. The molecule has 1 heterocycles. The number of urea groups is 1. The molecule has 0 spiro atoms. The summed E-state index contributed by atoms with van der Waals surface area (Å²) in [5.41, 5.74) is 6.99. The summed E-state index contributed by atoms with van der Waals surface area (Å²) in [6.45, 7) is 0.512. The first-order valence-electron chi connectivity index (χ1n) is 4.62. The Morgan fingerprint density at radius 2 is 1.88 bits per heavy atom. The molecule has 0 aliphatic carbocycles. The molecule has 86 valence electrons. The molecule has 16 heavy (non-hydrogen) atoms. The molecule has 0 bridgehead atoms. The Hall–Kier alpha value is -1.59. The van der Waals surface area contributed by atoms with Gasteiger partial charge in [-0.25, -0.2) is 9.69 Å². The molecule has 6 heteroatoms. The molecule has 1 aliphatic rings. The Morgan fingerprint density at radius 3 is 2.31 bits per heavy atom. The van der Waals surface area contributed by atoms with Crippen LogP contribution in [0.5, 0.6) is 0 Å². The molecule has 0 atom stereocenters. The minimum Gasteiger partial charge on any atom is -0.328 e. The van der Waals surface area contributed by atoms with Crippen LogP contribution in [0.3, 0.4) is 0 Å². The third-order valence-electron chi connectivity index (χ3n) is 2.27. The van der Waals surface area contributed by atoms with Crippen molar-refractivity contribution in [2.75, 3.05) is 11.4 Å². The third kappa shape index (κ3) is 2.15. The molecule has 1 aromatic rings. The smallest absolute Gasteiger partial charge is 0.328 e. The topological polar surface area (TPSA) is 75.4 Å². The number of amides is 3. The first-order chi connectivity index (χ1) is 7.22. The lowest BCUT2D eigenvalue weighted by atomic mass is 10.2. The Kier molecular flexibility index (Phi) is 3.87. The monoisotopic (exact) mass is 241 g/mol. The van der Waals surface area contributed by atoms with Crippen LogP contribution in [0.25, 0.3) is 0 Å². The minimum absolute atomic E-state index is 0. The second kappa shape index (κ2) is 4.96. The van der Waals surface area contributed by atoms with Crippen molar-refractivity contribution in [2.24, 2.45) is 5.73 Å². The van der Waals surface area contributed by atoms with Gasteiger partial charge >= 0.3 is 6.03 Å². The Balaban J connectivity index is 0.00000128. The molecule has 0 unspecified atom stereocenters. The number of nitrogens with one attached hydrogen (secondary N) is 1. The summed E-state index contributed by atoms with van der Waals surface area (Å²) in [6, 6.07) is 6.65. The highest BCUT2D eigenvalue weighted by Crippen LogP contribution is 2.17. The van der Waals surface area contributed by atoms with Gasteiger partial charge in [-0.05, 0) is 17.7 Å². The van der Waals surface area contributed by atoms with E-state index in [0.717, 1.165) is 10.5 Å². The van der Waals surface area contributed by atoms with Gasteiger partial charge in [0.15, 0.2) is 0 Å². The fraction of sp³-hybridized carbons (Fsp3) is 0.200. The average molecular weight is 242 g/mol. The quantitative estimate of drug-likeness (QED) is 0.746. The van der Waals surface area contributed by atoms with E-state index in [0.29, 0.717) is 12.2 Å². The summed E-state index contributed by atoms with van der Waals surface area (Å²) < 4.78 is 0. The number of carbonyl (C=O) groups excluding carboxylic acids is 2. The Morgan fingerprint density at radius 1 is 1.25 bits per heavy atom. The number of imide groups is 1. The van der Waals surface area contributed by atoms with Gasteiger partial charge in [0.1, 0.15) is 0 Å². The van der Waals surface area contributed by atoms with E-state index in [1.54, 1.807) is 24.3 Å². The number of halogens is 1. The lowest BCUT2D eigenvalue weighted by Gasteiger charge is -2.12. The maximum atomic E-state index is 11.4. The second-order valence-electron chi connectivity index (χ2n) is 3.26. The molecule has 5 nitrogen and oxygen atoms in total. The van der Waals surface area contributed by atoms with E-state index < -0.39 is 0 Å². The van der Waals surface area contributed by atoms with Crippen LogP contribution < -0.4 is 16.0 Å². The maximum absolute atomic E-state index is 11.4. The molecule has 1 aromatic carbocycles. The highest BCUT2D eigenvalue weighted by Gasteiger charge is 2.29. The number of carbonyl (C=O) groups is 2. The number of hydrogen-bond acceptors (Lipinski definition) is 3. The van der Waals surface area contributed by atoms with Gasteiger partial charge in [-0.1, -0.05) is 12.1 Å². The fourth-order valence-electron chi connectivity index (χ4n) is 1.46. The van der Waals surface area contributed by atoms with E-state index in [4.69, 9.17) is 5.73 Å². The summed E-state index contributed by atoms with van der Waals surface area (Å²) in [5.74, 6) is -0.236. The van der Waals surface area contributed by atoms with Gasteiger partial charge in [-0.2, -0.15) is 0 Å². The van der Waals surface area contributed by atoms with Gasteiger partial charge in [0.05, 0.1) is 12.2 Å². The Bertz CT molecular complexity index is 389. The van der Waals surface area contributed by atoms with E-state index in [9.17, 15) is 9.59 Å². The summed E-state index contributed by atoms with van der Waals surface area (Å²) in [6.07, 6.45) is 0. The van der Waals surface area contributed by atoms with E-state index >= 15 is 0 Å². The van der Waals surface area contributed by atoms with Crippen LogP contribution in [0.1, 0.15) is 5.56 Å². The van der Waals surface area contributed by atoms with E-state index in [2.05, 4.69) is 5.32 Å². The molecule has 1 aliphatic heterocycles. The van der Waals surface area contributed by atoms with Crippen molar-refractivity contribution in [1.82, 2.24) is 5.32 Å². The van der Waals surface area contributed by atoms with Crippen LogP contribution in [0.4, 0.5) is 10.5 Å². The summed E-state index contributed by atoms with van der Waals surface area (Å²) >= 11 is 0. The lowest BCUT2D eigenvalue weighted by Crippen LogP contribution is -2.30. The standard InChI is InChI=1S/C10H11N3O2.ClH/c11-5-7-1-3-8(4-2-7)13-9(14)6-12-10(13)15;/h1-4H,5-6,11H2,(H,12,15);1H. The third-order valence-corrected chi connectivity index (χ3v) is 2.27. The second-order valence-corrected chi connectivity index (χ2v) is 3.26. The predicted octanol–water partition coefficient (Wildman–Crippen LogP) is 0.623. The molecular weight excluding hydrogens is 230 g/mol. The molecule has 0 radical (unpaired) electrons. The summed E-state index contributed by atoms with van der Waals surface area (Å²) in [7, 11) is 0. The molecule has 1 fully saturated rings. The molecule has 3 amide bonds. The van der Waals surface area contributed by atoms with Crippen LogP contribution in [-0.4, -0.2) is 18.5 Å². The summed E-state index contributed by atoms with van der Waals surface area (Å²) in [5, 5.41) is 2.46. The van der Waals surface area contributed by atoms with Crippen LogP contribution in [0, 0.1) is 0 Å². The number of hydrogen-bond donors (Lipinski definition) is 2. The van der Waals surface area contributed by atoms with Crippen molar-refractivity contribution in [1.29, 1.82) is 0 Å². The van der Waals surface area contributed by atoms with Crippen molar-refractivity contribution >= 4 is 30.0 Å². The van der Waals surface area contributed by atoms with Crippen molar-refractivity contribution in [3.63, 3.8) is 0 Å². The first-order valence-corrected chi connectivity index (χ1v) is 4.62. The predicted molar refractivity (Wildman–Crippen MR) is 62.5 cm³/mol. The van der Waals surface area contributed by atoms with Gasteiger partial charge in [0, 0.05) is 6.54 Å². The minimum atomic E-state index is -0.375. The number of rotatable bonds is 2. The normalized spacial score (nSPS) is 14.7. The fourth-order valence-corrected chi connectivity index (χ4v) is 1.46. The number of benzene rings is 1. The van der Waals surface area contributed by atoms with Gasteiger partial charge < -0.3 is 11.1 Å². The van der Waals surface area contributed by atoms with Gasteiger partial charge in [0.2, 0.25) is 0 Å². The van der Waals surface area contributed by atoms with Crippen molar-refractivity contribution in [3.8, 4) is 0 Å². The van der Waals surface area contributed by atoms with Gasteiger partial charge in [0.25, 0.3) is 5.91 Å². The van der Waals surface area contributed by atoms with Crippen LogP contribution in [0.2, 0.25) is 0 Å². The molecule has 0 saturated carbocycles. The van der Waals surface area contributed by atoms with E-state index in [1.165, 1.54) is 0 Å². The van der Waals surface area contributed by atoms with Crippen LogP contribution in [0.15, 0.2) is 24.3 Å². The number of nitrogens with zero attached hydrogens (tertiary/aromatic N) is 1. The van der Waals surface area contributed by atoms with E-state index in [1.807, 2.05) is 0 Å². The molecular formula is C10H12ClN3O2. The van der Waals surface area contributed by atoms with Crippen LogP contribution >= 0.6 is 12.4 Å². The molecule has 2 rings (SSSR count). The highest BCUT2D eigenvalue weighted by molar-refractivity contribution is 6.19. The van der Waals surface area contributed by atoms with Gasteiger partial charge in [-0.3, -0.25) is 4.79 Å². The summed E-state index contributed by atoms with van der Waals surface area (Å²) in [4.78, 5) is 23.8. The van der Waals surface area contributed by atoms with Crippen LogP contribution in [-0.2, 0) is 11.3 Å². The lowest BCUT2D eigenvalue weighted by molar-refractivity contribution is -0.115. The Labute approximate surface area is 99.0 Å². The maximum Gasteiger partial charge on any atom is 0.329 e. The zero-order valence-electron chi connectivity index (χ0n) is 8.47.